The molecule has 1 N–H and O–H groups in total. The molecule has 3 rings (SSSR count). The molecule has 0 aliphatic heterocycles. The minimum absolute atomic E-state index is 0.752. The first-order valence-electron chi connectivity index (χ1n) is 5.57. The predicted octanol–water partition coefficient (Wildman–Crippen LogP) is 4.11. The van der Waals surface area contributed by atoms with E-state index in [0.29, 0.717) is 0 Å². The standard InChI is InChI=1S/C13H9BrN4S/c14-9-4-5-11(16-8-9)18-12-3-1-2-10(17-12)13-15-6-7-19-13/h1-8H,(H,16,17,18). The quantitative estimate of drug-likeness (QED) is 0.784. The molecule has 0 spiro atoms. The molecule has 0 radical (unpaired) electrons. The second kappa shape index (κ2) is 5.46. The molecule has 3 aromatic rings. The van der Waals surface area contributed by atoms with Crippen molar-refractivity contribution in [3.05, 3.63) is 52.6 Å². The van der Waals surface area contributed by atoms with Gasteiger partial charge in [0.05, 0.1) is 0 Å². The zero-order chi connectivity index (χ0) is 13.1. The lowest BCUT2D eigenvalue weighted by molar-refractivity contribution is 1.24. The maximum Gasteiger partial charge on any atom is 0.141 e. The minimum atomic E-state index is 0.752. The Morgan fingerprint density at radius 1 is 1.05 bits per heavy atom. The van der Waals surface area contributed by atoms with Crippen molar-refractivity contribution in [2.24, 2.45) is 0 Å². The van der Waals surface area contributed by atoms with Crippen LogP contribution in [-0.2, 0) is 0 Å². The van der Waals surface area contributed by atoms with E-state index in [4.69, 9.17) is 0 Å². The van der Waals surface area contributed by atoms with E-state index in [0.717, 1.165) is 26.8 Å². The summed E-state index contributed by atoms with van der Waals surface area (Å²) in [6, 6.07) is 9.62. The Hall–Kier alpha value is -1.79. The molecule has 3 heterocycles. The van der Waals surface area contributed by atoms with Crippen LogP contribution in [-0.4, -0.2) is 15.0 Å². The molecule has 19 heavy (non-hydrogen) atoms. The van der Waals surface area contributed by atoms with Gasteiger partial charge in [0.25, 0.3) is 0 Å². The highest BCUT2D eigenvalue weighted by Crippen LogP contribution is 2.22. The van der Waals surface area contributed by atoms with Crippen LogP contribution in [0.4, 0.5) is 11.6 Å². The fraction of sp³-hybridized carbons (Fsp3) is 0. The van der Waals surface area contributed by atoms with Crippen LogP contribution < -0.4 is 5.32 Å². The highest BCUT2D eigenvalue weighted by atomic mass is 79.9. The van der Waals surface area contributed by atoms with Gasteiger partial charge in [0.2, 0.25) is 0 Å². The van der Waals surface area contributed by atoms with E-state index in [-0.39, 0.29) is 0 Å². The van der Waals surface area contributed by atoms with Crippen LogP contribution >= 0.6 is 27.3 Å². The van der Waals surface area contributed by atoms with Crippen LogP contribution in [0.1, 0.15) is 0 Å². The van der Waals surface area contributed by atoms with Gasteiger partial charge in [-0.25, -0.2) is 15.0 Å². The Morgan fingerprint density at radius 2 is 2.00 bits per heavy atom. The lowest BCUT2D eigenvalue weighted by Gasteiger charge is -2.05. The molecule has 0 aliphatic carbocycles. The Morgan fingerprint density at radius 3 is 2.74 bits per heavy atom. The number of rotatable bonds is 3. The van der Waals surface area contributed by atoms with Crippen LogP contribution in [0.5, 0.6) is 0 Å². The monoisotopic (exact) mass is 332 g/mol. The van der Waals surface area contributed by atoms with Crippen LogP contribution in [0, 0.1) is 0 Å². The zero-order valence-corrected chi connectivity index (χ0v) is 12.1. The number of halogens is 1. The summed E-state index contributed by atoms with van der Waals surface area (Å²) >= 11 is 4.93. The molecule has 0 aliphatic rings. The second-order valence-corrected chi connectivity index (χ2v) is 5.54. The lowest BCUT2D eigenvalue weighted by atomic mass is 10.3. The molecule has 0 fully saturated rings. The van der Waals surface area contributed by atoms with Gasteiger partial charge >= 0.3 is 0 Å². The normalized spacial score (nSPS) is 10.4. The molecule has 3 aromatic heterocycles. The molecule has 0 bridgehead atoms. The molecular formula is C13H9BrN4S. The largest absolute Gasteiger partial charge is 0.325 e. The molecule has 0 atom stereocenters. The van der Waals surface area contributed by atoms with Crippen molar-refractivity contribution in [3.8, 4) is 10.7 Å². The molecule has 0 amide bonds. The Balaban J connectivity index is 1.85. The lowest BCUT2D eigenvalue weighted by Crippen LogP contribution is -1.96. The van der Waals surface area contributed by atoms with Gasteiger partial charge in [-0.1, -0.05) is 6.07 Å². The van der Waals surface area contributed by atoms with Crippen LogP contribution in [0.3, 0.4) is 0 Å². The molecule has 0 saturated heterocycles. The summed E-state index contributed by atoms with van der Waals surface area (Å²) in [5.74, 6) is 1.51. The third-order valence-corrected chi connectivity index (χ3v) is 3.65. The second-order valence-electron chi connectivity index (χ2n) is 3.73. The van der Waals surface area contributed by atoms with E-state index in [9.17, 15) is 0 Å². The summed E-state index contributed by atoms with van der Waals surface area (Å²) in [5.41, 5.74) is 0.858. The molecule has 0 saturated carbocycles. The highest BCUT2D eigenvalue weighted by molar-refractivity contribution is 9.10. The number of aromatic nitrogens is 3. The summed E-state index contributed by atoms with van der Waals surface area (Å²) in [6.45, 7) is 0. The van der Waals surface area contributed by atoms with E-state index in [2.05, 4.69) is 36.2 Å². The molecule has 0 aromatic carbocycles. The summed E-state index contributed by atoms with van der Waals surface area (Å²) in [7, 11) is 0. The number of pyridine rings is 2. The average molecular weight is 333 g/mol. The van der Waals surface area contributed by atoms with E-state index >= 15 is 0 Å². The predicted molar refractivity (Wildman–Crippen MR) is 80.6 cm³/mol. The smallest absolute Gasteiger partial charge is 0.141 e. The fourth-order valence-corrected chi connectivity index (χ4v) is 2.40. The van der Waals surface area contributed by atoms with Gasteiger partial charge in [-0.3, -0.25) is 0 Å². The van der Waals surface area contributed by atoms with Gasteiger partial charge in [0.15, 0.2) is 0 Å². The van der Waals surface area contributed by atoms with Gasteiger partial charge < -0.3 is 5.32 Å². The molecular weight excluding hydrogens is 324 g/mol. The number of nitrogens with one attached hydrogen (secondary N) is 1. The van der Waals surface area contributed by atoms with Crippen LogP contribution in [0.25, 0.3) is 10.7 Å². The summed E-state index contributed by atoms with van der Waals surface area (Å²) in [5, 5.41) is 6.01. The van der Waals surface area contributed by atoms with E-state index in [1.165, 1.54) is 0 Å². The summed E-state index contributed by atoms with van der Waals surface area (Å²) < 4.78 is 0.947. The van der Waals surface area contributed by atoms with Gasteiger partial charge in [-0.15, -0.1) is 11.3 Å². The zero-order valence-electron chi connectivity index (χ0n) is 9.75. The first-order chi connectivity index (χ1) is 9.31. The Bertz CT molecular complexity index is 667. The van der Waals surface area contributed by atoms with E-state index < -0.39 is 0 Å². The minimum Gasteiger partial charge on any atom is -0.325 e. The molecule has 0 unspecified atom stereocenters. The van der Waals surface area contributed by atoms with Crippen LogP contribution in [0.15, 0.2) is 52.6 Å². The molecule has 6 heteroatoms. The number of hydrogen-bond donors (Lipinski definition) is 1. The SMILES string of the molecule is Brc1ccc(Nc2cccc(-c3nccs3)n2)nc1. The fourth-order valence-electron chi connectivity index (χ4n) is 1.55. The van der Waals surface area contributed by atoms with Crippen LogP contribution in [0.2, 0.25) is 0 Å². The van der Waals surface area contributed by atoms with Crippen molar-refractivity contribution in [2.75, 3.05) is 5.32 Å². The topological polar surface area (TPSA) is 50.7 Å². The van der Waals surface area contributed by atoms with Gasteiger partial charge in [-0.2, -0.15) is 0 Å². The highest BCUT2D eigenvalue weighted by Gasteiger charge is 2.03. The Labute approximate surface area is 122 Å². The number of anilines is 2. The first-order valence-corrected chi connectivity index (χ1v) is 7.24. The maximum absolute atomic E-state index is 4.52. The van der Waals surface area contributed by atoms with Crippen molar-refractivity contribution in [2.45, 2.75) is 0 Å². The molecule has 94 valence electrons. The summed E-state index contributed by atoms with van der Waals surface area (Å²) in [6.07, 6.45) is 3.52. The average Bonchev–Trinajstić information content (AvgIpc) is 2.96. The van der Waals surface area contributed by atoms with Crippen molar-refractivity contribution >= 4 is 38.9 Å². The third-order valence-electron chi connectivity index (χ3n) is 2.38. The first kappa shape index (κ1) is 12.3. The number of nitrogens with zero attached hydrogens (tertiary/aromatic N) is 3. The third kappa shape index (κ3) is 2.97. The van der Waals surface area contributed by atoms with Crippen molar-refractivity contribution in [3.63, 3.8) is 0 Å². The maximum atomic E-state index is 4.52. The van der Waals surface area contributed by atoms with Crippen molar-refractivity contribution in [1.82, 2.24) is 15.0 Å². The van der Waals surface area contributed by atoms with Gasteiger partial charge in [0, 0.05) is 22.2 Å². The van der Waals surface area contributed by atoms with Crippen molar-refractivity contribution in [1.29, 1.82) is 0 Å². The Kier molecular flexibility index (Phi) is 3.52. The summed E-state index contributed by atoms with van der Waals surface area (Å²) in [4.78, 5) is 13.0. The van der Waals surface area contributed by atoms with E-state index in [1.54, 1.807) is 23.7 Å². The van der Waals surface area contributed by atoms with E-state index in [1.807, 2.05) is 35.7 Å². The van der Waals surface area contributed by atoms with Gasteiger partial charge in [0.1, 0.15) is 22.3 Å². The number of thiazole rings is 1. The molecule has 4 nitrogen and oxygen atoms in total. The van der Waals surface area contributed by atoms with Crippen molar-refractivity contribution < 1.29 is 0 Å². The van der Waals surface area contributed by atoms with Gasteiger partial charge in [-0.05, 0) is 40.2 Å². The number of hydrogen-bond acceptors (Lipinski definition) is 5.